The van der Waals surface area contributed by atoms with E-state index in [0.29, 0.717) is 0 Å². The van der Waals surface area contributed by atoms with Crippen LogP contribution in [0.3, 0.4) is 0 Å². The van der Waals surface area contributed by atoms with Crippen molar-refractivity contribution in [3.8, 4) is 5.75 Å². The first-order valence-electron chi connectivity index (χ1n) is 8.45. The van der Waals surface area contributed by atoms with Crippen molar-refractivity contribution < 1.29 is 19.4 Å². The highest BCUT2D eigenvalue weighted by molar-refractivity contribution is 5.87. The lowest BCUT2D eigenvalue weighted by atomic mass is 10.0. The van der Waals surface area contributed by atoms with E-state index in [2.05, 4.69) is 0 Å². The Morgan fingerprint density at radius 1 is 1.20 bits per heavy atom. The van der Waals surface area contributed by atoms with Crippen molar-refractivity contribution in [3.05, 3.63) is 29.8 Å². The molecule has 0 bridgehead atoms. The number of nitrogens with zero attached hydrogens (tertiary/aromatic N) is 1. The second kappa shape index (κ2) is 8.34. The number of carbonyl (C=O) groups excluding carboxylic acids is 1. The molecule has 140 valence electrons. The van der Waals surface area contributed by atoms with E-state index >= 15 is 0 Å². The molecule has 1 aromatic carbocycles. The lowest BCUT2D eigenvalue weighted by Crippen LogP contribution is -2.51. The Labute approximate surface area is 150 Å². The summed E-state index contributed by atoms with van der Waals surface area (Å²) >= 11 is 0. The van der Waals surface area contributed by atoms with Crippen molar-refractivity contribution in [2.24, 2.45) is 11.7 Å². The number of ether oxygens (including phenoxy) is 1. The van der Waals surface area contributed by atoms with Gasteiger partial charge in [0.25, 0.3) is 0 Å². The molecule has 3 N–H and O–H groups in total. The molecule has 0 fully saturated rings. The Bertz CT molecular complexity index is 590. The van der Waals surface area contributed by atoms with Crippen molar-refractivity contribution >= 4 is 11.9 Å². The minimum absolute atomic E-state index is 0.0572. The normalized spacial score (nSPS) is 14.1. The topological polar surface area (TPSA) is 92.9 Å². The monoisotopic (exact) mass is 350 g/mol. The summed E-state index contributed by atoms with van der Waals surface area (Å²) in [5.74, 6) is -0.760. The van der Waals surface area contributed by atoms with Crippen LogP contribution in [0.15, 0.2) is 24.3 Å². The maximum atomic E-state index is 12.3. The van der Waals surface area contributed by atoms with Crippen molar-refractivity contribution in [2.45, 2.75) is 58.7 Å². The summed E-state index contributed by atoms with van der Waals surface area (Å²) in [6.45, 7) is 9.54. The Kier molecular flexibility index (Phi) is 6.99. The third-order valence-electron chi connectivity index (χ3n) is 3.88. The molecule has 2 atom stereocenters. The molecule has 6 heteroatoms. The third kappa shape index (κ3) is 6.38. The zero-order chi connectivity index (χ0) is 19.4. The van der Waals surface area contributed by atoms with E-state index < -0.39 is 18.1 Å². The van der Waals surface area contributed by atoms with Gasteiger partial charge < -0.3 is 20.5 Å². The van der Waals surface area contributed by atoms with Crippen LogP contribution in [0.2, 0.25) is 0 Å². The fraction of sp³-hybridized carbons (Fsp3) is 0.579. The van der Waals surface area contributed by atoms with E-state index in [9.17, 15) is 14.7 Å². The van der Waals surface area contributed by atoms with Crippen LogP contribution in [0.4, 0.5) is 0 Å². The molecule has 1 amide bonds. The van der Waals surface area contributed by atoms with Crippen LogP contribution in [0, 0.1) is 5.92 Å². The van der Waals surface area contributed by atoms with Crippen molar-refractivity contribution in [1.82, 2.24) is 4.90 Å². The molecule has 0 heterocycles. The average Bonchev–Trinajstić information content (AvgIpc) is 2.50. The number of carboxylic acids is 1. The van der Waals surface area contributed by atoms with Gasteiger partial charge in [-0.25, -0.2) is 4.79 Å². The van der Waals surface area contributed by atoms with Gasteiger partial charge in [0.2, 0.25) is 5.91 Å². The Hall–Kier alpha value is -2.08. The van der Waals surface area contributed by atoms with Crippen LogP contribution < -0.4 is 10.5 Å². The standard InChI is InChI=1S/C19H30N2O4/c1-12(2)16(20)17(22)21(6)15(18(23)24)11-13-7-9-14(10-8-13)25-19(3,4)5/h7-10,12,15-16H,11,20H2,1-6H3,(H,23,24)/t15-,16-/m0/s1. The first-order chi connectivity index (χ1) is 11.4. The fourth-order valence-corrected chi connectivity index (χ4v) is 2.33. The highest BCUT2D eigenvalue weighted by Crippen LogP contribution is 2.20. The SMILES string of the molecule is CC(C)[C@H](N)C(=O)N(C)[C@@H](Cc1ccc(OC(C)(C)C)cc1)C(=O)O. The number of likely N-dealkylation sites (N-methyl/N-ethyl adjacent to an activating group) is 1. The Morgan fingerprint density at radius 2 is 1.72 bits per heavy atom. The van der Waals surface area contributed by atoms with Crippen molar-refractivity contribution in [3.63, 3.8) is 0 Å². The smallest absolute Gasteiger partial charge is 0.326 e. The van der Waals surface area contributed by atoms with Gasteiger partial charge in [0.15, 0.2) is 0 Å². The molecule has 0 aromatic heterocycles. The number of benzene rings is 1. The quantitative estimate of drug-likeness (QED) is 0.787. The maximum Gasteiger partial charge on any atom is 0.326 e. The number of carbonyl (C=O) groups is 2. The molecule has 1 aromatic rings. The van der Waals surface area contributed by atoms with Crippen LogP contribution in [-0.2, 0) is 16.0 Å². The predicted molar refractivity (Wildman–Crippen MR) is 97.5 cm³/mol. The van der Waals surface area contributed by atoms with Gasteiger partial charge >= 0.3 is 5.97 Å². The van der Waals surface area contributed by atoms with Crippen LogP contribution in [0.1, 0.15) is 40.2 Å². The molecule has 0 saturated heterocycles. The van der Waals surface area contributed by atoms with Gasteiger partial charge in [-0.1, -0.05) is 26.0 Å². The zero-order valence-electron chi connectivity index (χ0n) is 15.9. The maximum absolute atomic E-state index is 12.3. The van der Waals surface area contributed by atoms with Crippen LogP contribution in [0.5, 0.6) is 5.75 Å². The predicted octanol–water partition coefficient (Wildman–Crippen LogP) is 2.30. The van der Waals surface area contributed by atoms with Gasteiger partial charge in [0, 0.05) is 13.5 Å². The van der Waals surface area contributed by atoms with E-state index in [1.165, 1.54) is 11.9 Å². The molecule has 6 nitrogen and oxygen atoms in total. The number of hydrogen-bond donors (Lipinski definition) is 2. The van der Waals surface area contributed by atoms with E-state index in [0.717, 1.165) is 11.3 Å². The van der Waals surface area contributed by atoms with E-state index in [1.807, 2.05) is 46.8 Å². The lowest BCUT2D eigenvalue weighted by molar-refractivity contribution is -0.149. The van der Waals surface area contributed by atoms with E-state index in [1.54, 1.807) is 12.1 Å². The summed E-state index contributed by atoms with van der Waals surface area (Å²) in [6, 6.07) is 5.57. The fourth-order valence-electron chi connectivity index (χ4n) is 2.33. The number of aliphatic carboxylic acids is 1. The van der Waals surface area contributed by atoms with Gasteiger partial charge in [0.05, 0.1) is 6.04 Å². The number of nitrogens with two attached hydrogens (primary N) is 1. The Morgan fingerprint density at radius 3 is 2.12 bits per heavy atom. The summed E-state index contributed by atoms with van der Waals surface area (Å²) in [5.41, 5.74) is 6.38. The zero-order valence-corrected chi connectivity index (χ0v) is 15.9. The number of carboxylic acid groups (broad SMARTS) is 1. The number of hydrogen-bond acceptors (Lipinski definition) is 4. The van der Waals surface area contributed by atoms with Crippen LogP contribution in [0.25, 0.3) is 0 Å². The molecule has 25 heavy (non-hydrogen) atoms. The molecular formula is C19H30N2O4. The van der Waals surface area contributed by atoms with Crippen LogP contribution >= 0.6 is 0 Å². The molecular weight excluding hydrogens is 320 g/mol. The second-order valence-electron chi connectivity index (χ2n) is 7.64. The molecule has 0 aliphatic rings. The first-order valence-corrected chi connectivity index (χ1v) is 8.45. The summed E-state index contributed by atoms with van der Waals surface area (Å²) in [7, 11) is 1.49. The molecule has 1 rings (SSSR count). The number of amides is 1. The molecule has 0 radical (unpaired) electrons. The summed E-state index contributed by atoms with van der Waals surface area (Å²) in [6.07, 6.45) is 0.207. The van der Waals surface area contributed by atoms with Crippen LogP contribution in [-0.4, -0.2) is 46.6 Å². The van der Waals surface area contributed by atoms with E-state index in [4.69, 9.17) is 10.5 Å². The summed E-state index contributed by atoms with van der Waals surface area (Å²) < 4.78 is 5.76. The molecule has 0 spiro atoms. The van der Waals surface area contributed by atoms with Gasteiger partial charge in [0.1, 0.15) is 17.4 Å². The lowest BCUT2D eigenvalue weighted by Gasteiger charge is -2.29. The highest BCUT2D eigenvalue weighted by Gasteiger charge is 2.30. The van der Waals surface area contributed by atoms with Gasteiger partial charge in [-0.3, -0.25) is 4.79 Å². The van der Waals surface area contributed by atoms with Crippen molar-refractivity contribution in [1.29, 1.82) is 0 Å². The average molecular weight is 350 g/mol. The molecule has 0 aliphatic heterocycles. The second-order valence-corrected chi connectivity index (χ2v) is 7.64. The summed E-state index contributed by atoms with van der Waals surface area (Å²) in [4.78, 5) is 25.2. The number of rotatable bonds is 7. The minimum Gasteiger partial charge on any atom is -0.488 e. The van der Waals surface area contributed by atoms with Gasteiger partial charge in [-0.05, 0) is 44.4 Å². The van der Waals surface area contributed by atoms with Gasteiger partial charge in [-0.15, -0.1) is 0 Å². The summed E-state index contributed by atoms with van der Waals surface area (Å²) in [5, 5.41) is 9.52. The molecule has 0 aliphatic carbocycles. The van der Waals surface area contributed by atoms with Crippen molar-refractivity contribution in [2.75, 3.05) is 7.05 Å². The Balaban J connectivity index is 2.88. The third-order valence-corrected chi connectivity index (χ3v) is 3.88. The largest absolute Gasteiger partial charge is 0.488 e. The van der Waals surface area contributed by atoms with E-state index in [-0.39, 0.29) is 23.8 Å². The molecule has 0 unspecified atom stereocenters. The first kappa shape index (κ1) is 21.0. The highest BCUT2D eigenvalue weighted by atomic mass is 16.5. The minimum atomic E-state index is -1.05. The van der Waals surface area contributed by atoms with Gasteiger partial charge in [-0.2, -0.15) is 0 Å². The molecule has 0 saturated carbocycles.